The molecule has 0 saturated carbocycles. The number of benzene rings is 1. The average molecular weight is 685 g/mol. The van der Waals surface area contributed by atoms with Gasteiger partial charge in [0, 0.05) is 46.5 Å². The first-order valence-corrected chi connectivity index (χ1v) is 15.1. The predicted molar refractivity (Wildman–Crippen MR) is 178 cm³/mol. The van der Waals surface area contributed by atoms with E-state index in [9.17, 15) is 44.9 Å². The number of halogens is 1. The Labute approximate surface area is 288 Å². The van der Waals surface area contributed by atoms with Crippen LogP contribution in [0.5, 0.6) is 0 Å². The molecule has 3 heterocycles. The van der Waals surface area contributed by atoms with E-state index < -0.39 is 45.9 Å². The fraction of sp³-hybridized carbons (Fsp3) is 0.310. The molecule has 1 amide bonds. The van der Waals surface area contributed by atoms with Gasteiger partial charge < -0.3 is 51.1 Å². The summed E-state index contributed by atoms with van der Waals surface area (Å²) in [4.78, 5) is 26.2. The van der Waals surface area contributed by atoms with Crippen LogP contribution in [0.4, 0.5) is 10.2 Å². The largest absolute Gasteiger partial charge is 0.405 e. The molecule has 0 saturated heterocycles. The molecule has 1 aromatic carbocycles. The molecule has 0 aliphatic carbocycles. The van der Waals surface area contributed by atoms with Crippen molar-refractivity contribution in [1.82, 2.24) is 20.3 Å². The molecule has 4 aromatic rings. The van der Waals surface area contributed by atoms with Gasteiger partial charge in [0.25, 0.3) is 17.9 Å². The van der Waals surface area contributed by atoms with Crippen molar-refractivity contribution in [3.8, 4) is 11.4 Å². The first-order valence-electron chi connectivity index (χ1n) is 14.1. The Balaban J connectivity index is 1.54. The summed E-state index contributed by atoms with van der Waals surface area (Å²) in [6.45, 7) is 1.82. The summed E-state index contributed by atoms with van der Waals surface area (Å²) in [7, 11) is 22.8. The fourth-order valence-electron chi connectivity index (χ4n) is 4.35. The number of anilines is 1. The second-order valence-corrected chi connectivity index (χ2v) is 12.5. The number of carbonyl (C=O) groups is 1. The number of pyridine rings is 3. The van der Waals surface area contributed by atoms with Crippen LogP contribution in [-0.4, -0.2) is 117 Å². The number of aliphatic hydroxyl groups is 7. The minimum atomic E-state index is -3.04. The molecule has 248 valence electrons. The van der Waals surface area contributed by atoms with Crippen molar-refractivity contribution in [3.63, 3.8) is 0 Å². The number of nitrogens with one attached hydrogen (secondary N) is 2. The minimum Gasteiger partial charge on any atom is -0.405 e. The van der Waals surface area contributed by atoms with Gasteiger partial charge in [-0.2, -0.15) is 0 Å². The summed E-state index contributed by atoms with van der Waals surface area (Å²) in [5, 5.41) is 70.9. The van der Waals surface area contributed by atoms with Crippen molar-refractivity contribution >= 4 is 65.8 Å². The van der Waals surface area contributed by atoms with Crippen molar-refractivity contribution in [2.24, 2.45) is 0 Å². The summed E-state index contributed by atoms with van der Waals surface area (Å²) >= 11 is 0.684. The highest BCUT2D eigenvalue weighted by Crippen LogP contribution is 2.31. The predicted octanol–water partition coefficient (Wildman–Crippen LogP) is -1.29. The second kappa shape index (κ2) is 14.0. The average Bonchev–Trinajstić information content (AvgIpc) is 2.95. The van der Waals surface area contributed by atoms with Crippen LogP contribution in [0.2, 0.25) is 0 Å². The Bertz CT molecular complexity index is 1850. The molecule has 8 radical (unpaired) electrons. The van der Waals surface area contributed by atoms with E-state index in [2.05, 4.69) is 25.6 Å². The Morgan fingerprint density at radius 1 is 0.918 bits per heavy atom. The van der Waals surface area contributed by atoms with Crippen LogP contribution < -0.4 is 10.6 Å². The lowest BCUT2D eigenvalue weighted by Crippen LogP contribution is -2.63. The number of carbonyl (C=O) groups excluding carboxylic acids is 1. The molecule has 20 heteroatoms. The maximum absolute atomic E-state index is 14.7. The Kier molecular flexibility index (Phi) is 10.9. The quantitative estimate of drug-likeness (QED) is 0.0454. The van der Waals surface area contributed by atoms with Crippen molar-refractivity contribution in [2.75, 3.05) is 11.1 Å². The molecule has 0 bridgehead atoms. The molecule has 3 aromatic heterocycles. The smallest absolute Gasteiger partial charge is 0.285 e. The fourth-order valence-corrected chi connectivity index (χ4v) is 5.30. The number of thioether (sulfide) groups is 1. The van der Waals surface area contributed by atoms with Gasteiger partial charge in [-0.15, -0.1) is 11.8 Å². The first kappa shape index (κ1) is 38.2. The summed E-state index contributed by atoms with van der Waals surface area (Å²) in [6.07, 6.45) is 1.50. The van der Waals surface area contributed by atoms with Gasteiger partial charge in [0.15, 0.2) is 0 Å². The number of amides is 1. The highest BCUT2D eigenvalue weighted by molar-refractivity contribution is 7.99. The highest BCUT2D eigenvalue weighted by Gasteiger charge is 2.43. The van der Waals surface area contributed by atoms with Crippen LogP contribution in [0.25, 0.3) is 22.3 Å². The van der Waals surface area contributed by atoms with Crippen LogP contribution in [0.1, 0.15) is 35.5 Å². The molecule has 9 N–H and O–H groups in total. The monoisotopic (exact) mass is 685 g/mol. The normalized spacial score (nSPS) is 15.0. The highest BCUT2D eigenvalue weighted by atomic mass is 32.2. The van der Waals surface area contributed by atoms with Gasteiger partial charge in [-0.25, -0.2) is 14.4 Å². The Hall–Kier alpha value is -3.58. The molecular weight excluding hydrogens is 657 g/mol. The number of aromatic nitrogens is 3. The second-order valence-electron chi connectivity index (χ2n) is 11.4. The van der Waals surface area contributed by atoms with Gasteiger partial charge >= 0.3 is 0 Å². The zero-order chi connectivity index (χ0) is 36.6. The van der Waals surface area contributed by atoms with Crippen LogP contribution in [0, 0.1) is 5.82 Å². The standard InChI is InChI=1S/C29H28B4FN5O9S/c1-25(30,48-26(2,41)42)29(33,47)39-23-9-16(34)8-21(38-23)19-6-4-15-11-35-17(10-20(15)37-19)12-36-24(40)14-3-5-18(28(31,32)46)22(7-14)49-13-27(43,44)45/h3-11,41-47H,12-13H2,1-2H3,(H,36,40)(H,38,39). The van der Waals surface area contributed by atoms with Crippen LogP contribution in [0.15, 0.2) is 59.6 Å². The number of hydrogen-bond donors (Lipinski definition) is 9. The zero-order valence-electron chi connectivity index (χ0n) is 26.0. The maximum atomic E-state index is 14.7. The van der Waals surface area contributed by atoms with Gasteiger partial charge in [0.05, 0.1) is 40.4 Å². The summed E-state index contributed by atoms with van der Waals surface area (Å²) in [6, 6.07) is 10.7. The van der Waals surface area contributed by atoms with Crippen molar-refractivity contribution in [1.29, 1.82) is 0 Å². The lowest BCUT2D eigenvalue weighted by atomic mass is 9.61. The topological polar surface area (TPSA) is 231 Å². The molecule has 0 fully saturated rings. The summed E-state index contributed by atoms with van der Waals surface area (Å²) in [5.41, 5.74) is -3.94. The van der Waals surface area contributed by atoms with Crippen LogP contribution in [-0.2, 0) is 16.7 Å². The summed E-state index contributed by atoms with van der Waals surface area (Å²) < 4.78 is 19.5. The number of ether oxygens (including phenoxy) is 1. The van der Waals surface area contributed by atoms with Gasteiger partial charge in [-0.05, 0) is 42.8 Å². The van der Waals surface area contributed by atoms with Gasteiger partial charge in [0.2, 0.25) is 0 Å². The molecule has 0 aliphatic rings. The lowest BCUT2D eigenvalue weighted by Gasteiger charge is -2.44. The van der Waals surface area contributed by atoms with Crippen LogP contribution in [0.3, 0.4) is 0 Å². The van der Waals surface area contributed by atoms with Crippen molar-refractivity contribution < 1.29 is 49.7 Å². The van der Waals surface area contributed by atoms with Gasteiger partial charge in [-0.1, -0.05) is 6.07 Å². The molecular formula is C29H28B4FN5O9S. The third kappa shape index (κ3) is 10.2. The Morgan fingerprint density at radius 3 is 2.24 bits per heavy atom. The van der Waals surface area contributed by atoms with E-state index in [1.54, 1.807) is 18.2 Å². The third-order valence-electron chi connectivity index (χ3n) is 6.69. The van der Waals surface area contributed by atoms with E-state index in [0.29, 0.717) is 28.4 Å². The van der Waals surface area contributed by atoms with Crippen molar-refractivity contribution in [2.45, 2.75) is 53.8 Å². The molecule has 49 heavy (non-hydrogen) atoms. The van der Waals surface area contributed by atoms with Crippen LogP contribution >= 0.6 is 11.8 Å². The SMILES string of the molecule is [B]C([B])(O)c1ccc(C(=O)NCc2cc3nc(-c4cc(F)cc(NC([B])(O)C([B])(C)OC(C)(O)O)n4)ccc3cn2)cc1SCC(O)(O)O. The maximum Gasteiger partial charge on any atom is 0.285 e. The molecule has 2 atom stereocenters. The van der Waals surface area contributed by atoms with Gasteiger partial charge in [-0.3, -0.25) is 9.78 Å². The van der Waals surface area contributed by atoms with E-state index in [4.69, 9.17) is 36.1 Å². The number of rotatable bonds is 13. The lowest BCUT2D eigenvalue weighted by molar-refractivity contribution is -0.359. The Morgan fingerprint density at radius 2 is 1.61 bits per heavy atom. The molecule has 0 aliphatic heterocycles. The zero-order valence-corrected chi connectivity index (χ0v) is 26.8. The van der Waals surface area contributed by atoms with E-state index in [1.807, 2.05) is 0 Å². The number of hydrogen-bond acceptors (Lipinski definition) is 14. The molecule has 2 unspecified atom stereocenters. The number of nitrogens with zero attached hydrogens (tertiary/aromatic N) is 3. The third-order valence-corrected chi connectivity index (χ3v) is 7.87. The minimum absolute atomic E-state index is 0.0143. The van der Waals surface area contributed by atoms with Gasteiger partial charge in [0.1, 0.15) is 48.6 Å². The van der Waals surface area contributed by atoms with E-state index >= 15 is 0 Å². The van der Waals surface area contributed by atoms with E-state index in [0.717, 1.165) is 26.0 Å². The molecule has 4 rings (SSSR count). The first-order chi connectivity index (χ1) is 22.4. The molecule has 14 nitrogen and oxygen atoms in total. The number of fused-ring (bicyclic) bond motifs is 1. The van der Waals surface area contributed by atoms with E-state index in [-0.39, 0.29) is 39.8 Å². The van der Waals surface area contributed by atoms with E-state index in [1.165, 1.54) is 24.4 Å². The molecule has 0 spiro atoms. The summed E-state index contributed by atoms with van der Waals surface area (Å²) in [5.74, 6) is -8.12. The van der Waals surface area contributed by atoms with Crippen molar-refractivity contribution in [3.05, 3.63) is 77.4 Å².